The van der Waals surface area contributed by atoms with E-state index in [1.807, 2.05) is 0 Å². The SMILES string of the molecule is O=C(O)c1cn(Cc2ccccc2C(F)(F)F)c(=O)[nH]c1=O. The second kappa shape index (κ2) is 5.51. The molecule has 0 saturated carbocycles. The summed E-state index contributed by atoms with van der Waals surface area (Å²) in [6.07, 6.45) is -3.89. The molecule has 6 nitrogen and oxygen atoms in total. The lowest BCUT2D eigenvalue weighted by molar-refractivity contribution is -0.138. The van der Waals surface area contributed by atoms with E-state index in [-0.39, 0.29) is 5.56 Å². The second-order valence-electron chi connectivity index (χ2n) is 4.39. The Morgan fingerprint density at radius 2 is 1.86 bits per heavy atom. The summed E-state index contributed by atoms with van der Waals surface area (Å²) in [4.78, 5) is 35.5. The number of alkyl halides is 3. The molecule has 0 radical (unpaired) electrons. The molecular weight excluding hydrogens is 305 g/mol. The van der Waals surface area contributed by atoms with Crippen molar-refractivity contribution in [1.29, 1.82) is 0 Å². The first-order valence-electron chi connectivity index (χ1n) is 5.92. The second-order valence-corrected chi connectivity index (χ2v) is 4.39. The Labute approximate surface area is 120 Å². The fraction of sp³-hybridized carbons (Fsp3) is 0.154. The molecule has 2 N–H and O–H groups in total. The monoisotopic (exact) mass is 314 g/mol. The molecule has 1 heterocycles. The highest BCUT2D eigenvalue weighted by atomic mass is 19.4. The lowest BCUT2D eigenvalue weighted by Crippen LogP contribution is -2.33. The van der Waals surface area contributed by atoms with Crippen LogP contribution in [0, 0.1) is 0 Å². The highest BCUT2D eigenvalue weighted by molar-refractivity contribution is 5.86. The number of aromatic nitrogens is 2. The number of rotatable bonds is 3. The van der Waals surface area contributed by atoms with E-state index in [4.69, 9.17) is 5.11 Å². The van der Waals surface area contributed by atoms with Crippen molar-refractivity contribution >= 4 is 5.97 Å². The molecular formula is C13H9F3N2O4. The molecule has 0 atom stereocenters. The van der Waals surface area contributed by atoms with Gasteiger partial charge in [-0.1, -0.05) is 18.2 Å². The molecule has 0 aliphatic carbocycles. The summed E-state index contributed by atoms with van der Waals surface area (Å²) in [5, 5.41) is 8.82. The minimum absolute atomic E-state index is 0.222. The Bertz CT molecular complexity index is 836. The van der Waals surface area contributed by atoms with Crippen molar-refractivity contribution in [3.05, 3.63) is 68.0 Å². The summed E-state index contributed by atoms with van der Waals surface area (Å²) in [7, 11) is 0. The molecule has 9 heteroatoms. The van der Waals surface area contributed by atoms with Crippen molar-refractivity contribution in [1.82, 2.24) is 9.55 Å². The van der Waals surface area contributed by atoms with E-state index in [0.717, 1.165) is 12.3 Å². The summed E-state index contributed by atoms with van der Waals surface area (Å²) < 4.78 is 39.4. The molecule has 0 unspecified atom stereocenters. The normalized spacial score (nSPS) is 11.4. The molecule has 0 fully saturated rings. The number of hydrogen-bond acceptors (Lipinski definition) is 3. The van der Waals surface area contributed by atoms with Gasteiger partial charge in [0, 0.05) is 6.20 Å². The van der Waals surface area contributed by atoms with E-state index in [1.165, 1.54) is 18.2 Å². The Morgan fingerprint density at radius 3 is 2.45 bits per heavy atom. The molecule has 0 bridgehead atoms. The zero-order valence-electron chi connectivity index (χ0n) is 10.8. The fourth-order valence-electron chi connectivity index (χ4n) is 1.90. The lowest BCUT2D eigenvalue weighted by atomic mass is 10.1. The summed E-state index contributed by atoms with van der Waals surface area (Å²) in [5.41, 5.74) is -4.00. The average molecular weight is 314 g/mol. The number of carboxylic acids is 1. The van der Waals surface area contributed by atoms with Gasteiger partial charge in [0.05, 0.1) is 12.1 Å². The number of halogens is 3. The van der Waals surface area contributed by atoms with Crippen molar-refractivity contribution in [2.24, 2.45) is 0 Å². The van der Waals surface area contributed by atoms with Crippen LogP contribution in [0.25, 0.3) is 0 Å². The van der Waals surface area contributed by atoms with Crippen LogP contribution in [0.2, 0.25) is 0 Å². The number of nitrogens with one attached hydrogen (secondary N) is 1. The molecule has 0 amide bonds. The third-order valence-corrected chi connectivity index (χ3v) is 2.90. The molecule has 1 aromatic heterocycles. The van der Waals surface area contributed by atoms with E-state index < -0.39 is 41.1 Å². The lowest BCUT2D eigenvalue weighted by Gasteiger charge is -2.13. The maximum Gasteiger partial charge on any atom is 0.416 e. The van der Waals surface area contributed by atoms with Gasteiger partial charge in [0.1, 0.15) is 5.56 Å². The van der Waals surface area contributed by atoms with E-state index in [1.54, 1.807) is 4.98 Å². The van der Waals surface area contributed by atoms with Gasteiger partial charge in [0.2, 0.25) is 0 Å². The Hall–Kier alpha value is -2.84. The topological polar surface area (TPSA) is 92.2 Å². The minimum Gasteiger partial charge on any atom is -0.477 e. The van der Waals surface area contributed by atoms with Crippen LogP contribution >= 0.6 is 0 Å². The minimum atomic E-state index is -4.61. The molecule has 0 spiro atoms. The van der Waals surface area contributed by atoms with Crippen LogP contribution in [0.1, 0.15) is 21.5 Å². The molecule has 1 aromatic carbocycles. The summed E-state index contributed by atoms with van der Waals surface area (Å²) in [6.45, 7) is -0.522. The summed E-state index contributed by atoms with van der Waals surface area (Å²) in [5.74, 6) is -1.58. The van der Waals surface area contributed by atoms with Crippen LogP contribution in [0.3, 0.4) is 0 Å². The molecule has 0 aliphatic heterocycles. The fourth-order valence-corrected chi connectivity index (χ4v) is 1.90. The number of H-pyrrole nitrogens is 1. The van der Waals surface area contributed by atoms with Crippen LogP contribution in [-0.2, 0) is 12.7 Å². The number of hydrogen-bond donors (Lipinski definition) is 2. The third-order valence-electron chi connectivity index (χ3n) is 2.90. The maximum atomic E-state index is 12.9. The molecule has 2 rings (SSSR count). The van der Waals surface area contributed by atoms with Crippen molar-refractivity contribution in [3.8, 4) is 0 Å². The van der Waals surface area contributed by atoms with Crippen LogP contribution in [0.4, 0.5) is 13.2 Å². The smallest absolute Gasteiger partial charge is 0.416 e. The summed E-state index contributed by atoms with van der Waals surface area (Å²) >= 11 is 0. The van der Waals surface area contributed by atoms with Crippen LogP contribution in [0.5, 0.6) is 0 Å². The number of carbonyl (C=O) groups is 1. The quantitative estimate of drug-likeness (QED) is 0.893. The average Bonchev–Trinajstić information content (AvgIpc) is 2.40. The van der Waals surface area contributed by atoms with Gasteiger partial charge < -0.3 is 5.11 Å². The Balaban J connectivity index is 2.53. The van der Waals surface area contributed by atoms with Gasteiger partial charge in [-0.15, -0.1) is 0 Å². The van der Waals surface area contributed by atoms with Gasteiger partial charge in [-0.3, -0.25) is 14.3 Å². The largest absolute Gasteiger partial charge is 0.477 e. The highest BCUT2D eigenvalue weighted by Crippen LogP contribution is 2.31. The van der Waals surface area contributed by atoms with E-state index in [0.29, 0.717) is 4.57 Å². The van der Waals surface area contributed by atoms with Crippen molar-refractivity contribution in [3.63, 3.8) is 0 Å². The number of aromatic carboxylic acids is 1. The van der Waals surface area contributed by atoms with Gasteiger partial charge in [-0.25, -0.2) is 9.59 Å². The maximum absolute atomic E-state index is 12.9. The molecule has 0 aliphatic rings. The number of carboxylic acid groups (broad SMARTS) is 1. The zero-order chi connectivity index (χ0) is 16.5. The number of aromatic amines is 1. The third kappa shape index (κ3) is 3.08. The Morgan fingerprint density at radius 1 is 1.23 bits per heavy atom. The first-order valence-corrected chi connectivity index (χ1v) is 5.92. The molecule has 116 valence electrons. The van der Waals surface area contributed by atoms with E-state index in [9.17, 15) is 27.6 Å². The van der Waals surface area contributed by atoms with Gasteiger partial charge in [0.15, 0.2) is 0 Å². The molecule has 22 heavy (non-hydrogen) atoms. The van der Waals surface area contributed by atoms with Crippen molar-refractivity contribution in [2.75, 3.05) is 0 Å². The first kappa shape index (κ1) is 15.5. The van der Waals surface area contributed by atoms with Gasteiger partial charge in [-0.05, 0) is 11.6 Å². The van der Waals surface area contributed by atoms with Crippen molar-refractivity contribution in [2.45, 2.75) is 12.7 Å². The number of nitrogens with zero attached hydrogens (tertiary/aromatic N) is 1. The van der Waals surface area contributed by atoms with Crippen LogP contribution in [-0.4, -0.2) is 20.6 Å². The van der Waals surface area contributed by atoms with Gasteiger partial charge in [0.25, 0.3) is 5.56 Å². The predicted octanol–water partition coefficient (Wildman–Crippen LogP) is 1.30. The highest BCUT2D eigenvalue weighted by Gasteiger charge is 2.33. The molecule has 2 aromatic rings. The Kier molecular flexibility index (Phi) is 3.89. The predicted molar refractivity (Wildman–Crippen MR) is 68.8 cm³/mol. The standard InChI is InChI=1S/C13H9F3N2O4/c14-13(15,16)9-4-2-1-3-7(9)5-18-6-8(11(20)21)10(19)17-12(18)22/h1-4,6H,5H2,(H,20,21)(H,17,19,22). The number of benzene rings is 1. The van der Waals surface area contributed by atoms with E-state index in [2.05, 4.69) is 0 Å². The van der Waals surface area contributed by atoms with Gasteiger partial charge in [-0.2, -0.15) is 13.2 Å². The summed E-state index contributed by atoms with van der Waals surface area (Å²) in [6, 6.07) is 4.58. The van der Waals surface area contributed by atoms with Crippen molar-refractivity contribution < 1.29 is 23.1 Å². The first-order chi connectivity index (χ1) is 10.2. The van der Waals surface area contributed by atoms with Crippen LogP contribution in [0.15, 0.2) is 40.1 Å². The zero-order valence-corrected chi connectivity index (χ0v) is 10.8. The molecule has 0 saturated heterocycles. The van der Waals surface area contributed by atoms with Gasteiger partial charge >= 0.3 is 17.8 Å². The van der Waals surface area contributed by atoms with E-state index >= 15 is 0 Å². The van der Waals surface area contributed by atoms with Crippen LogP contribution < -0.4 is 11.2 Å².